The molecule has 18 heavy (non-hydrogen) atoms. The lowest BCUT2D eigenvalue weighted by molar-refractivity contribution is -0.0842. The highest BCUT2D eigenvalue weighted by Crippen LogP contribution is 2.41. The number of ether oxygens (including phenoxy) is 1. The van der Waals surface area contributed by atoms with E-state index < -0.39 is 0 Å². The van der Waals surface area contributed by atoms with Crippen molar-refractivity contribution in [3.05, 3.63) is 28.8 Å². The third-order valence-corrected chi connectivity index (χ3v) is 4.78. The van der Waals surface area contributed by atoms with Gasteiger partial charge < -0.3 is 14.7 Å². The summed E-state index contributed by atoms with van der Waals surface area (Å²) in [6.07, 6.45) is 3.62. The Morgan fingerprint density at radius 1 is 1.17 bits per heavy atom. The zero-order valence-corrected chi connectivity index (χ0v) is 10.6. The molecule has 0 aromatic heterocycles. The standard InChI is InChI=1S/C15H19NO2/c17-8-15(9-18-10-15)13-6-11-2-1-4-16-5-3-12(7-13)14(11)16/h6-7,17H,1-5,8-10H2. The zero-order valence-electron chi connectivity index (χ0n) is 10.6. The van der Waals surface area contributed by atoms with Gasteiger partial charge in [-0.3, -0.25) is 0 Å². The van der Waals surface area contributed by atoms with Gasteiger partial charge in [0.1, 0.15) is 0 Å². The molecule has 3 aliphatic heterocycles. The fourth-order valence-corrected chi connectivity index (χ4v) is 3.60. The van der Waals surface area contributed by atoms with Crippen LogP contribution in [0.5, 0.6) is 0 Å². The molecule has 0 spiro atoms. The summed E-state index contributed by atoms with van der Waals surface area (Å²) in [6, 6.07) is 4.65. The van der Waals surface area contributed by atoms with Crippen LogP contribution in [0.1, 0.15) is 23.1 Å². The number of benzene rings is 1. The number of anilines is 1. The summed E-state index contributed by atoms with van der Waals surface area (Å²) in [4.78, 5) is 2.53. The van der Waals surface area contributed by atoms with Crippen molar-refractivity contribution in [2.24, 2.45) is 0 Å². The van der Waals surface area contributed by atoms with Crippen molar-refractivity contribution in [3.63, 3.8) is 0 Å². The first-order valence-corrected chi connectivity index (χ1v) is 6.92. The molecule has 0 amide bonds. The van der Waals surface area contributed by atoms with Crippen LogP contribution in [0.3, 0.4) is 0 Å². The number of nitrogens with zero attached hydrogens (tertiary/aromatic N) is 1. The molecule has 0 atom stereocenters. The third kappa shape index (κ3) is 1.32. The maximum Gasteiger partial charge on any atom is 0.0651 e. The summed E-state index contributed by atoms with van der Waals surface area (Å²) in [5.74, 6) is 0. The van der Waals surface area contributed by atoms with Gasteiger partial charge in [-0.25, -0.2) is 0 Å². The minimum absolute atomic E-state index is 0.115. The Hall–Kier alpha value is -1.06. The van der Waals surface area contributed by atoms with Crippen LogP contribution in [0.15, 0.2) is 12.1 Å². The van der Waals surface area contributed by atoms with Crippen LogP contribution >= 0.6 is 0 Å². The largest absolute Gasteiger partial charge is 0.395 e. The second kappa shape index (κ2) is 3.72. The van der Waals surface area contributed by atoms with E-state index in [1.54, 1.807) is 0 Å². The molecule has 1 N–H and O–H groups in total. The van der Waals surface area contributed by atoms with E-state index in [4.69, 9.17) is 4.74 Å². The first kappa shape index (κ1) is 10.8. The average molecular weight is 245 g/mol. The predicted molar refractivity (Wildman–Crippen MR) is 70.3 cm³/mol. The molecule has 3 aliphatic rings. The molecule has 0 saturated carbocycles. The van der Waals surface area contributed by atoms with E-state index in [1.165, 1.54) is 54.7 Å². The minimum Gasteiger partial charge on any atom is -0.395 e. The maximum absolute atomic E-state index is 9.68. The van der Waals surface area contributed by atoms with Crippen molar-refractivity contribution in [3.8, 4) is 0 Å². The SMILES string of the molecule is OCC1(c2cc3c4c(c2)CCN4CCC3)COC1. The Kier molecular flexibility index (Phi) is 2.24. The van der Waals surface area contributed by atoms with Gasteiger partial charge in [-0.15, -0.1) is 0 Å². The molecular weight excluding hydrogens is 226 g/mol. The van der Waals surface area contributed by atoms with E-state index in [2.05, 4.69) is 17.0 Å². The molecule has 0 radical (unpaired) electrons. The maximum atomic E-state index is 9.68. The summed E-state index contributed by atoms with van der Waals surface area (Å²) < 4.78 is 5.34. The van der Waals surface area contributed by atoms with Crippen molar-refractivity contribution in [2.45, 2.75) is 24.7 Å². The molecular formula is C15H19NO2. The van der Waals surface area contributed by atoms with Gasteiger partial charge in [0.25, 0.3) is 0 Å². The summed E-state index contributed by atoms with van der Waals surface area (Å²) in [6.45, 7) is 3.94. The van der Waals surface area contributed by atoms with E-state index in [0.29, 0.717) is 13.2 Å². The summed E-state index contributed by atoms with van der Waals surface area (Å²) in [7, 11) is 0. The summed E-state index contributed by atoms with van der Waals surface area (Å²) in [5, 5.41) is 9.68. The van der Waals surface area contributed by atoms with Gasteiger partial charge in [0, 0.05) is 18.8 Å². The number of aliphatic hydroxyl groups is 1. The number of rotatable bonds is 2. The normalized spacial score (nSPS) is 23.7. The van der Waals surface area contributed by atoms with E-state index in [9.17, 15) is 5.11 Å². The van der Waals surface area contributed by atoms with Gasteiger partial charge in [-0.2, -0.15) is 0 Å². The molecule has 0 unspecified atom stereocenters. The lowest BCUT2D eigenvalue weighted by atomic mass is 9.77. The molecule has 4 rings (SSSR count). The van der Waals surface area contributed by atoms with Crippen LogP contribution in [0, 0.1) is 0 Å². The van der Waals surface area contributed by atoms with Gasteiger partial charge in [0.05, 0.1) is 25.2 Å². The lowest BCUT2D eigenvalue weighted by Gasteiger charge is -2.41. The Balaban J connectivity index is 1.83. The minimum atomic E-state index is -0.115. The van der Waals surface area contributed by atoms with Crippen molar-refractivity contribution in [1.29, 1.82) is 0 Å². The molecule has 1 aromatic carbocycles. The van der Waals surface area contributed by atoms with Crippen molar-refractivity contribution in [2.75, 3.05) is 37.8 Å². The molecule has 3 nitrogen and oxygen atoms in total. The highest BCUT2D eigenvalue weighted by molar-refractivity contribution is 5.66. The second-order valence-corrected chi connectivity index (χ2v) is 5.91. The van der Waals surface area contributed by atoms with Crippen LogP contribution in [0.4, 0.5) is 5.69 Å². The fraction of sp³-hybridized carbons (Fsp3) is 0.600. The second-order valence-electron chi connectivity index (χ2n) is 5.91. The lowest BCUT2D eigenvalue weighted by Crippen LogP contribution is -2.49. The molecule has 96 valence electrons. The van der Waals surface area contributed by atoms with Crippen LogP contribution in [-0.4, -0.2) is 38.0 Å². The van der Waals surface area contributed by atoms with E-state index in [1.807, 2.05) is 0 Å². The molecule has 1 aromatic rings. The average Bonchev–Trinajstić information content (AvgIpc) is 2.74. The molecule has 0 bridgehead atoms. The van der Waals surface area contributed by atoms with Gasteiger partial charge in [0.15, 0.2) is 0 Å². The summed E-state index contributed by atoms with van der Waals surface area (Å²) >= 11 is 0. The number of hydrogen-bond acceptors (Lipinski definition) is 3. The Labute approximate surface area is 107 Å². The molecule has 0 aliphatic carbocycles. The smallest absolute Gasteiger partial charge is 0.0651 e. The van der Waals surface area contributed by atoms with Crippen LogP contribution in [0.25, 0.3) is 0 Å². The van der Waals surface area contributed by atoms with Crippen molar-refractivity contribution >= 4 is 5.69 Å². The van der Waals surface area contributed by atoms with Gasteiger partial charge >= 0.3 is 0 Å². The molecule has 3 heteroatoms. The zero-order chi connectivity index (χ0) is 12.2. The molecule has 1 saturated heterocycles. The quantitative estimate of drug-likeness (QED) is 0.851. The van der Waals surface area contributed by atoms with Crippen LogP contribution in [-0.2, 0) is 23.0 Å². The highest BCUT2D eigenvalue weighted by atomic mass is 16.5. The molecule has 3 heterocycles. The number of hydrogen-bond donors (Lipinski definition) is 1. The van der Waals surface area contributed by atoms with Crippen molar-refractivity contribution < 1.29 is 9.84 Å². The van der Waals surface area contributed by atoms with E-state index >= 15 is 0 Å². The van der Waals surface area contributed by atoms with E-state index in [0.717, 1.165) is 0 Å². The summed E-state index contributed by atoms with van der Waals surface area (Å²) in [5.41, 5.74) is 5.66. The Morgan fingerprint density at radius 2 is 1.94 bits per heavy atom. The predicted octanol–water partition coefficient (Wildman–Crippen LogP) is 1.26. The highest BCUT2D eigenvalue weighted by Gasteiger charge is 2.41. The molecule has 1 fully saturated rings. The van der Waals surface area contributed by atoms with Crippen LogP contribution < -0.4 is 4.90 Å². The Morgan fingerprint density at radius 3 is 2.61 bits per heavy atom. The third-order valence-electron chi connectivity index (χ3n) is 4.78. The number of aliphatic hydroxyl groups excluding tert-OH is 1. The monoisotopic (exact) mass is 245 g/mol. The van der Waals surface area contributed by atoms with Gasteiger partial charge in [-0.1, -0.05) is 12.1 Å². The number of aryl methyl sites for hydroxylation is 1. The van der Waals surface area contributed by atoms with E-state index in [-0.39, 0.29) is 12.0 Å². The first-order chi connectivity index (χ1) is 8.82. The first-order valence-electron chi connectivity index (χ1n) is 6.92. The Bertz CT molecular complexity index is 488. The van der Waals surface area contributed by atoms with Crippen molar-refractivity contribution in [1.82, 2.24) is 0 Å². The van der Waals surface area contributed by atoms with Crippen LogP contribution in [0.2, 0.25) is 0 Å². The fourth-order valence-electron chi connectivity index (χ4n) is 3.60. The van der Waals surface area contributed by atoms with Gasteiger partial charge in [-0.05, 0) is 36.0 Å². The topological polar surface area (TPSA) is 32.7 Å². The van der Waals surface area contributed by atoms with Gasteiger partial charge in [0.2, 0.25) is 0 Å².